The van der Waals surface area contributed by atoms with Gasteiger partial charge in [-0.25, -0.2) is 4.68 Å². The molecule has 24 heavy (non-hydrogen) atoms. The molecule has 0 spiro atoms. The van der Waals surface area contributed by atoms with Gasteiger partial charge in [0.05, 0.1) is 23.1 Å². The molecule has 0 aliphatic carbocycles. The van der Waals surface area contributed by atoms with Crippen molar-refractivity contribution in [1.82, 2.24) is 14.8 Å². The molecule has 5 heteroatoms. The number of hydrogen-bond donors (Lipinski definition) is 2. The maximum atomic E-state index is 12.6. The van der Waals surface area contributed by atoms with Crippen molar-refractivity contribution >= 4 is 22.5 Å². The van der Waals surface area contributed by atoms with Crippen molar-refractivity contribution in [3.05, 3.63) is 78.2 Å². The van der Waals surface area contributed by atoms with Gasteiger partial charge in [0, 0.05) is 17.4 Å². The zero-order valence-electron chi connectivity index (χ0n) is 13.2. The van der Waals surface area contributed by atoms with E-state index in [9.17, 15) is 4.79 Å². The van der Waals surface area contributed by atoms with Gasteiger partial charge in [0.2, 0.25) is 0 Å². The fourth-order valence-corrected chi connectivity index (χ4v) is 2.79. The average molecular weight is 316 g/mol. The smallest absolute Gasteiger partial charge is 0.259 e. The third kappa shape index (κ3) is 2.46. The Morgan fingerprint density at radius 2 is 1.96 bits per heavy atom. The van der Waals surface area contributed by atoms with E-state index in [1.54, 1.807) is 10.9 Å². The molecule has 0 unspecified atom stereocenters. The number of benzene rings is 2. The van der Waals surface area contributed by atoms with Gasteiger partial charge >= 0.3 is 0 Å². The quantitative estimate of drug-likeness (QED) is 0.602. The standard InChI is InChI=1S/C19H16N4O/c1-13-17(12-21-23(13)16-5-3-2-4-6-16)19(24)22-15-8-7-14-9-10-20-18(14)11-15/h2-12,20H,1H3,(H,22,24). The van der Waals surface area contributed by atoms with E-state index in [2.05, 4.69) is 15.4 Å². The first kappa shape index (κ1) is 14.3. The Balaban J connectivity index is 1.61. The molecule has 0 saturated heterocycles. The zero-order valence-corrected chi connectivity index (χ0v) is 13.2. The highest BCUT2D eigenvalue weighted by atomic mass is 16.1. The van der Waals surface area contributed by atoms with Crippen molar-refractivity contribution in [2.24, 2.45) is 0 Å². The Morgan fingerprint density at radius 3 is 2.79 bits per heavy atom. The number of nitrogens with one attached hydrogen (secondary N) is 2. The highest BCUT2D eigenvalue weighted by Gasteiger charge is 2.15. The summed E-state index contributed by atoms with van der Waals surface area (Å²) in [5.41, 5.74) is 4.04. The average Bonchev–Trinajstić information content (AvgIpc) is 3.21. The summed E-state index contributed by atoms with van der Waals surface area (Å²) >= 11 is 0. The van der Waals surface area contributed by atoms with Gasteiger partial charge in [-0.15, -0.1) is 0 Å². The Hall–Kier alpha value is -3.34. The van der Waals surface area contributed by atoms with Crippen molar-refractivity contribution in [3.8, 4) is 5.69 Å². The van der Waals surface area contributed by atoms with Gasteiger partial charge < -0.3 is 10.3 Å². The number of amides is 1. The summed E-state index contributed by atoms with van der Waals surface area (Å²) in [5, 5.41) is 8.39. The number of aromatic amines is 1. The second kappa shape index (κ2) is 5.70. The minimum absolute atomic E-state index is 0.166. The van der Waals surface area contributed by atoms with Crippen LogP contribution in [0.4, 0.5) is 5.69 Å². The second-order valence-electron chi connectivity index (χ2n) is 5.62. The van der Waals surface area contributed by atoms with Crippen LogP contribution in [-0.2, 0) is 0 Å². The Morgan fingerprint density at radius 1 is 1.12 bits per heavy atom. The first-order chi connectivity index (χ1) is 11.7. The van der Waals surface area contributed by atoms with Crippen LogP contribution in [0.25, 0.3) is 16.6 Å². The van der Waals surface area contributed by atoms with E-state index in [-0.39, 0.29) is 5.91 Å². The SMILES string of the molecule is Cc1c(C(=O)Nc2ccc3cc[nH]c3c2)cnn1-c1ccccc1. The molecule has 0 fully saturated rings. The summed E-state index contributed by atoms with van der Waals surface area (Å²) in [6, 6.07) is 17.5. The predicted molar refractivity (Wildman–Crippen MR) is 94.6 cm³/mol. The molecule has 1 amide bonds. The minimum Gasteiger partial charge on any atom is -0.361 e. The van der Waals surface area contributed by atoms with Crippen molar-refractivity contribution in [2.75, 3.05) is 5.32 Å². The van der Waals surface area contributed by atoms with E-state index >= 15 is 0 Å². The molecule has 0 saturated carbocycles. The molecule has 2 aromatic carbocycles. The summed E-state index contributed by atoms with van der Waals surface area (Å²) in [4.78, 5) is 15.7. The number of carbonyl (C=O) groups is 1. The number of fused-ring (bicyclic) bond motifs is 1. The molecule has 5 nitrogen and oxygen atoms in total. The van der Waals surface area contributed by atoms with Crippen LogP contribution in [-0.4, -0.2) is 20.7 Å². The lowest BCUT2D eigenvalue weighted by molar-refractivity contribution is 0.102. The van der Waals surface area contributed by atoms with E-state index in [4.69, 9.17) is 0 Å². The topological polar surface area (TPSA) is 62.7 Å². The number of carbonyl (C=O) groups excluding carboxylic acids is 1. The fraction of sp³-hybridized carbons (Fsp3) is 0.0526. The number of hydrogen-bond acceptors (Lipinski definition) is 2. The lowest BCUT2D eigenvalue weighted by atomic mass is 10.2. The maximum absolute atomic E-state index is 12.6. The third-order valence-corrected chi connectivity index (χ3v) is 4.07. The molecule has 2 aromatic heterocycles. The molecule has 2 N–H and O–H groups in total. The largest absolute Gasteiger partial charge is 0.361 e. The van der Waals surface area contributed by atoms with Gasteiger partial charge in [-0.1, -0.05) is 24.3 Å². The molecular formula is C19H16N4O. The molecule has 0 aliphatic heterocycles. The minimum atomic E-state index is -0.166. The summed E-state index contributed by atoms with van der Waals surface area (Å²) in [6.45, 7) is 1.89. The van der Waals surface area contributed by atoms with Gasteiger partial charge in [-0.2, -0.15) is 5.10 Å². The Labute approximate surface area is 138 Å². The molecule has 118 valence electrons. The Bertz CT molecular complexity index is 1010. The van der Waals surface area contributed by atoms with Crippen molar-refractivity contribution in [3.63, 3.8) is 0 Å². The molecule has 0 bridgehead atoms. The van der Waals surface area contributed by atoms with E-state index in [1.165, 1.54) is 0 Å². The van der Waals surface area contributed by atoms with Crippen LogP contribution < -0.4 is 5.32 Å². The van der Waals surface area contributed by atoms with Crippen LogP contribution in [0.2, 0.25) is 0 Å². The maximum Gasteiger partial charge on any atom is 0.259 e. The summed E-state index contributed by atoms with van der Waals surface area (Å²) in [5.74, 6) is -0.166. The van der Waals surface area contributed by atoms with E-state index < -0.39 is 0 Å². The van der Waals surface area contributed by atoms with E-state index in [1.807, 2.05) is 67.7 Å². The van der Waals surface area contributed by atoms with Crippen LogP contribution in [0.3, 0.4) is 0 Å². The van der Waals surface area contributed by atoms with Crippen LogP contribution in [0.15, 0.2) is 67.0 Å². The highest BCUT2D eigenvalue weighted by Crippen LogP contribution is 2.20. The summed E-state index contributed by atoms with van der Waals surface area (Å²) in [6.07, 6.45) is 3.48. The number of H-pyrrole nitrogens is 1. The van der Waals surface area contributed by atoms with Crippen molar-refractivity contribution < 1.29 is 4.79 Å². The van der Waals surface area contributed by atoms with Crippen molar-refractivity contribution in [2.45, 2.75) is 6.92 Å². The lowest BCUT2D eigenvalue weighted by Gasteiger charge is -2.07. The predicted octanol–water partition coefficient (Wildman–Crippen LogP) is 3.91. The summed E-state index contributed by atoms with van der Waals surface area (Å²) in [7, 11) is 0. The van der Waals surface area contributed by atoms with Crippen LogP contribution in [0.5, 0.6) is 0 Å². The zero-order chi connectivity index (χ0) is 16.5. The van der Waals surface area contributed by atoms with Gasteiger partial charge in [-0.05, 0) is 42.6 Å². The van der Waals surface area contributed by atoms with Gasteiger partial charge in [-0.3, -0.25) is 4.79 Å². The molecule has 4 rings (SSSR count). The molecule has 0 atom stereocenters. The van der Waals surface area contributed by atoms with Crippen LogP contribution in [0, 0.1) is 6.92 Å². The third-order valence-electron chi connectivity index (χ3n) is 4.07. The number of nitrogens with zero attached hydrogens (tertiary/aromatic N) is 2. The van der Waals surface area contributed by atoms with Gasteiger partial charge in [0.25, 0.3) is 5.91 Å². The lowest BCUT2D eigenvalue weighted by Crippen LogP contribution is -2.13. The van der Waals surface area contributed by atoms with Crippen LogP contribution >= 0.6 is 0 Å². The van der Waals surface area contributed by atoms with E-state index in [0.29, 0.717) is 5.56 Å². The fourth-order valence-electron chi connectivity index (χ4n) is 2.79. The van der Waals surface area contributed by atoms with E-state index in [0.717, 1.165) is 28.0 Å². The van der Waals surface area contributed by atoms with Gasteiger partial charge in [0.15, 0.2) is 0 Å². The van der Waals surface area contributed by atoms with Crippen molar-refractivity contribution in [1.29, 1.82) is 0 Å². The molecule has 0 aliphatic rings. The molecule has 0 radical (unpaired) electrons. The summed E-state index contributed by atoms with van der Waals surface area (Å²) < 4.78 is 1.77. The number of para-hydroxylation sites is 1. The Kier molecular flexibility index (Phi) is 3.39. The second-order valence-corrected chi connectivity index (χ2v) is 5.62. The number of aromatic nitrogens is 3. The number of rotatable bonds is 3. The molecule has 4 aromatic rings. The number of anilines is 1. The monoisotopic (exact) mass is 316 g/mol. The van der Waals surface area contributed by atoms with Gasteiger partial charge in [0.1, 0.15) is 0 Å². The normalized spacial score (nSPS) is 10.9. The first-order valence-corrected chi connectivity index (χ1v) is 7.71. The highest BCUT2D eigenvalue weighted by molar-refractivity contribution is 6.05. The van der Waals surface area contributed by atoms with Crippen LogP contribution in [0.1, 0.15) is 16.1 Å². The molecule has 2 heterocycles. The molecular weight excluding hydrogens is 300 g/mol. The first-order valence-electron chi connectivity index (χ1n) is 7.71.